The van der Waals surface area contributed by atoms with E-state index in [0.29, 0.717) is 18.6 Å². The lowest BCUT2D eigenvalue weighted by molar-refractivity contribution is 0.0527. The lowest BCUT2D eigenvalue weighted by Crippen LogP contribution is -2.47. The molecule has 2 aliphatic rings. The van der Waals surface area contributed by atoms with E-state index in [9.17, 15) is 4.79 Å². The van der Waals surface area contributed by atoms with Crippen LogP contribution in [0.5, 0.6) is 0 Å². The van der Waals surface area contributed by atoms with Crippen LogP contribution in [0.1, 0.15) is 65.7 Å². The molecule has 1 amide bonds. The molecule has 0 spiro atoms. The van der Waals surface area contributed by atoms with Crippen molar-refractivity contribution in [1.29, 1.82) is 0 Å². The van der Waals surface area contributed by atoms with Crippen LogP contribution in [0.3, 0.4) is 0 Å². The van der Waals surface area contributed by atoms with Crippen LogP contribution < -0.4 is 16.0 Å². The second-order valence-electron chi connectivity index (χ2n) is 7.99. The summed E-state index contributed by atoms with van der Waals surface area (Å²) in [4.78, 5) is 11.6. The van der Waals surface area contributed by atoms with E-state index in [2.05, 4.69) is 16.0 Å². The van der Waals surface area contributed by atoms with Crippen LogP contribution in [0.15, 0.2) is 0 Å². The maximum absolute atomic E-state index is 11.6. The lowest BCUT2D eigenvalue weighted by Gasteiger charge is -2.33. The highest BCUT2D eigenvalue weighted by Gasteiger charge is 2.33. The van der Waals surface area contributed by atoms with E-state index in [1.165, 1.54) is 45.1 Å². The molecule has 0 radical (unpaired) electrons. The Hall–Kier alpha value is -0.810. The van der Waals surface area contributed by atoms with E-state index in [1.807, 2.05) is 20.8 Å². The fourth-order valence-electron chi connectivity index (χ4n) is 3.85. The highest BCUT2D eigenvalue weighted by molar-refractivity contribution is 5.67. The molecule has 0 bridgehead atoms. The van der Waals surface area contributed by atoms with Gasteiger partial charge in [-0.1, -0.05) is 12.8 Å². The Balaban J connectivity index is 1.59. The zero-order valence-corrected chi connectivity index (χ0v) is 15.1. The van der Waals surface area contributed by atoms with Crippen molar-refractivity contribution in [3.63, 3.8) is 0 Å². The number of piperidine rings is 1. The Bertz CT molecular complexity index is 362. The van der Waals surface area contributed by atoms with E-state index in [4.69, 9.17) is 4.74 Å². The van der Waals surface area contributed by atoms with E-state index in [0.717, 1.165) is 18.9 Å². The first-order chi connectivity index (χ1) is 11.0. The van der Waals surface area contributed by atoms with E-state index >= 15 is 0 Å². The molecule has 0 aromatic carbocycles. The first-order valence-electron chi connectivity index (χ1n) is 9.39. The molecule has 1 saturated heterocycles. The van der Waals surface area contributed by atoms with Crippen molar-refractivity contribution in [3.05, 3.63) is 0 Å². The largest absolute Gasteiger partial charge is 0.444 e. The van der Waals surface area contributed by atoms with Crippen LogP contribution in [0.4, 0.5) is 4.79 Å². The Kier molecular flexibility index (Phi) is 7.15. The van der Waals surface area contributed by atoms with Crippen molar-refractivity contribution >= 4 is 6.09 Å². The molecule has 1 saturated carbocycles. The minimum Gasteiger partial charge on any atom is -0.444 e. The SMILES string of the molecule is CC(C)(C)OC(=O)NCCCNC1CCCC1C1CCCCN1. The van der Waals surface area contributed by atoms with Gasteiger partial charge in [0.25, 0.3) is 0 Å². The average molecular weight is 325 g/mol. The zero-order valence-electron chi connectivity index (χ0n) is 15.1. The molecule has 23 heavy (non-hydrogen) atoms. The number of alkyl carbamates (subject to hydrolysis) is 1. The molecular weight excluding hydrogens is 290 g/mol. The Labute approximate surface area is 141 Å². The van der Waals surface area contributed by atoms with Crippen LogP contribution in [0.2, 0.25) is 0 Å². The summed E-state index contributed by atoms with van der Waals surface area (Å²) < 4.78 is 5.24. The van der Waals surface area contributed by atoms with Gasteiger partial charge in [0.05, 0.1) is 0 Å². The lowest BCUT2D eigenvalue weighted by atomic mass is 9.88. The quantitative estimate of drug-likeness (QED) is 0.657. The van der Waals surface area contributed by atoms with Crippen molar-refractivity contribution in [2.24, 2.45) is 5.92 Å². The summed E-state index contributed by atoms with van der Waals surface area (Å²) in [5, 5.41) is 10.3. The van der Waals surface area contributed by atoms with Gasteiger partial charge in [-0.05, 0) is 71.9 Å². The summed E-state index contributed by atoms with van der Waals surface area (Å²) in [5.41, 5.74) is -0.424. The predicted molar refractivity (Wildman–Crippen MR) is 93.6 cm³/mol. The number of carbonyl (C=O) groups excluding carboxylic acids is 1. The number of ether oxygens (including phenoxy) is 1. The van der Waals surface area contributed by atoms with Gasteiger partial charge in [-0.2, -0.15) is 0 Å². The van der Waals surface area contributed by atoms with Gasteiger partial charge >= 0.3 is 6.09 Å². The third-order valence-electron chi connectivity index (χ3n) is 4.86. The van der Waals surface area contributed by atoms with Crippen molar-refractivity contribution in [1.82, 2.24) is 16.0 Å². The summed E-state index contributed by atoms with van der Waals surface area (Å²) >= 11 is 0. The van der Waals surface area contributed by atoms with Gasteiger partial charge in [0.2, 0.25) is 0 Å². The molecule has 5 nitrogen and oxygen atoms in total. The van der Waals surface area contributed by atoms with Crippen molar-refractivity contribution in [2.75, 3.05) is 19.6 Å². The van der Waals surface area contributed by atoms with E-state index in [1.54, 1.807) is 0 Å². The average Bonchev–Trinajstić information content (AvgIpc) is 2.94. The third-order valence-corrected chi connectivity index (χ3v) is 4.86. The number of hydrogen-bond donors (Lipinski definition) is 3. The molecule has 3 unspecified atom stereocenters. The van der Waals surface area contributed by atoms with Crippen molar-refractivity contribution in [2.45, 2.75) is 83.4 Å². The maximum Gasteiger partial charge on any atom is 0.407 e. The molecule has 3 N–H and O–H groups in total. The van der Waals surface area contributed by atoms with Crippen molar-refractivity contribution < 1.29 is 9.53 Å². The van der Waals surface area contributed by atoms with Gasteiger partial charge in [0, 0.05) is 18.6 Å². The maximum atomic E-state index is 11.6. The van der Waals surface area contributed by atoms with E-state index < -0.39 is 5.60 Å². The van der Waals surface area contributed by atoms with Gasteiger partial charge in [-0.25, -0.2) is 4.79 Å². The molecule has 0 aromatic rings. The second-order valence-corrected chi connectivity index (χ2v) is 7.99. The summed E-state index contributed by atoms with van der Waals surface area (Å²) in [6.45, 7) is 8.47. The Morgan fingerprint density at radius 3 is 2.65 bits per heavy atom. The normalized spacial score (nSPS) is 28.6. The van der Waals surface area contributed by atoms with Crippen LogP contribution >= 0.6 is 0 Å². The minimum atomic E-state index is -0.424. The van der Waals surface area contributed by atoms with Gasteiger partial charge < -0.3 is 20.7 Å². The van der Waals surface area contributed by atoms with Crippen molar-refractivity contribution in [3.8, 4) is 0 Å². The second kappa shape index (κ2) is 8.88. The molecule has 1 aliphatic carbocycles. The van der Waals surface area contributed by atoms with Crippen LogP contribution in [0, 0.1) is 5.92 Å². The van der Waals surface area contributed by atoms with Gasteiger partial charge in [0.1, 0.15) is 5.60 Å². The van der Waals surface area contributed by atoms with Gasteiger partial charge in [-0.15, -0.1) is 0 Å². The van der Waals surface area contributed by atoms with Crippen LogP contribution in [-0.2, 0) is 4.74 Å². The summed E-state index contributed by atoms with van der Waals surface area (Å²) in [6.07, 6.45) is 8.66. The monoisotopic (exact) mass is 325 g/mol. The molecule has 1 heterocycles. The number of carbonyl (C=O) groups is 1. The number of nitrogens with one attached hydrogen (secondary N) is 3. The standard InChI is InChI=1S/C18H35N3O2/c1-18(2,3)23-17(22)21-13-7-12-20-16-10-6-8-14(16)15-9-4-5-11-19-15/h14-16,19-20H,4-13H2,1-3H3,(H,21,22). The molecule has 3 atom stereocenters. The Morgan fingerprint density at radius 1 is 1.13 bits per heavy atom. The fourth-order valence-corrected chi connectivity index (χ4v) is 3.85. The van der Waals surface area contributed by atoms with Crippen LogP contribution in [0.25, 0.3) is 0 Å². The predicted octanol–water partition coefficient (Wildman–Crippen LogP) is 2.80. The summed E-state index contributed by atoms with van der Waals surface area (Å²) in [5.74, 6) is 0.786. The van der Waals surface area contributed by atoms with E-state index in [-0.39, 0.29) is 6.09 Å². The van der Waals surface area contributed by atoms with Crippen LogP contribution in [-0.4, -0.2) is 43.4 Å². The third kappa shape index (κ3) is 6.68. The molecule has 0 aromatic heterocycles. The first kappa shape index (κ1) is 18.5. The highest BCUT2D eigenvalue weighted by Crippen LogP contribution is 2.31. The molecular formula is C18H35N3O2. The smallest absolute Gasteiger partial charge is 0.407 e. The minimum absolute atomic E-state index is 0.317. The zero-order chi connectivity index (χ0) is 16.7. The molecule has 2 rings (SSSR count). The summed E-state index contributed by atoms with van der Waals surface area (Å²) in [7, 11) is 0. The summed E-state index contributed by atoms with van der Waals surface area (Å²) in [6, 6.07) is 1.36. The fraction of sp³-hybridized carbons (Fsp3) is 0.944. The van der Waals surface area contributed by atoms with Gasteiger partial charge in [0.15, 0.2) is 0 Å². The molecule has 2 fully saturated rings. The number of rotatable bonds is 6. The highest BCUT2D eigenvalue weighted by atomic mass is 16.6. The molecule has 1 aliphatic heterocycles. The molecule has 134 valence electrons. The Morgan fingerprint density at radius 2 is 1.96 bits per heavy atom. The number of hydrogen-bond acceptors (Lipinski definition) is 4. The number of amides is 1. The van der Waals surface area contributed by atoms with Gasteiger partial charge in [-0.3, -0.25) is 0 Å². The topological polar surface area (TPSA) is 62.4 Å². The molecule has 5 heteroatoms. The first-order valence-corrected chi connectivity index (χ1v) is 9.39.